The van der Waals surface area contributed by atoms with Crippen molar-refractivity contribution in [3.63, 3.8) is 0 Å². The van der Waals surface area contributed by atoms with Crippen molar-refractivity contribution in [3.8, 4) is 0 Å². The van der Waals surface area contributed by atoms with Crippen LogP contribution in [0, 0.1) is 12.8 Å². The average molecular weight is 294 g/mol. The van der Waals surface area contributed by atoms with E-state index in [1.807, 2.05) is 18.5 Å². The van der Waals surface area contributed by atoms with Crippen molar-refractivity contribution in [2.75, 3.05) is 7.05 Å². The molecule has 1 aromatic heterocycles. The van der Waals surface area contributed by atoms with Crippen LogP contribution in [0.25, 0.3) is 0 Å². The zero-order chi connectivity index (χ0) is 15.8. The van der Waals surface area contributed by atoms with E-state index in [2.05, 4.69) is 46.6 Å². The highest BCUT2D eigenvalue weighted by Gasteiger charge is 2.08. The van der Waals surface area contributed by atoms with Crippen molar-refractivity contribution in [2.24, 2.45) is 18.0 Å². The molecule has 0 amide bonds. The summed E-state index contributed by atoms with van der Waals surface area (Å²) in [5.41, 5.74) is 0. The summed E-state index contributed by atoms with van der Waals surface area (Å²) in [6.07, 6.45) is 3.67. The van der Waals surface area contributed by atoms with E-state index in [9.17, 15) is 0 Å². The van der Waals surface area contributed by atoms with Gasteiger partial charge in [0.05, 0.1) is 6.54 Å². The normalized spacial score (nSPS) is 13.6. The van der Waals surface area contributed by atoms with Crippen molar-refractivity contribution in [2.45, 2.75) is 59.5 Å². The van der Waals surface area contributed by atoms with Crippen LogP contribution in [0.3, 0.4) is 0 Å². The Kier molecular flexibility index (Phi) is 7.19. The van der Waals surface area contributed by atoms with E-state index in [-0.39, 0.29) is 0 Å². The SMILES string of the molecule is CN=C(NCc1nnc(C)n1C)NC(C)CCCC(C)C. The fourth-order valence-corrected chi connectivity index (χ4v) is 2.10. The molecule has 1 atom stereocenters. The molecular weight excluding hydrogens is 264 g/mol. The number of rotatable bonds is 7. The van der Waals surface area contributed by atoms with Crippen LogP contribution in [0.4, 0.5) is 0 Å². The third-order valence-corrected chi connectivity index (χ3v) is 3.62. The number of nitrogens with zero attached hydrogens (tertiary/aromatic N) is 4. The van der Waals surface area contributed by atoms with Gasteiger partial charge in [-0.3, -0.25) is 4.99 Å². The topological polar surface area (TPSA) is 67.1 Å². The lowest BCUT2D eigenvalue weighted by Gasteiger charge is -2.18. The van der Waals surface area contributed by atoms with Crippen LogP contribution in [0.2, 0.25) is 0 Å². The second-order valence-electron chi connectivity index (χ2n) is 6.02. The Bertz CT molecular complexity index is 449. The lowest BCUT2D eigenvalue weighted by Crippen LogP contribution is -2.42. The second-order valence-corrected chi connectivity index (χ2v) is 6.02. The summed E-state index contributed by atoms with van der Waals surface area (Å²) >= 11 is 0. The maximum absolute atomic E-state index is 4.26. The number of hydrogen-bond donors (Lipinski definition) is 2. The molecule has 120 valence electrons. The van der Waals surface area contributed by atoms with Gasteiger partial charge in [-0.25, -0.2) is 0 Å². The number of hydrogen-bond acceptors (Lipinski definition) is 3. The van der Waals surface area contributed by atoms with E-state index in [1.54, 1.807) is 7.05 Å². The minimum atomic E-state index is 0.413. The summed E-state index contributed by atoms with van der Waals surface area (Å²) in [5.74, 6) is 3.40. The lowest BCUT2D eigenvalue weighted by atomic mass is 10.0. The number of aliphatic imine (C=N–C) groups is 1. The van der Waals surface area contributed by atoms with Gasteiger partial charge < -0.3 is 15.2 Å². The molecule has 6 heteroatoms. The molecular formula is C15H30N6. The van der Waals surface area contributed by atoms with Crippen molar-refractivity contribution in [1.29, 1.82) is 0 Å². The lowest BCUT2D eigenvalue weighted by molar-refractivity contribution is 0.491. The predicted molar refractivity (Wildman–Crippen MR) is 87.2 cm³/mol. The van der Waals surface area contributed by atoms with E-state index in [4.69, 9.17) is 0 Å². The zero-order valence-electron chi connectivity index (χ0n) is 14.3. The van der Waals surface area contributed by atoms with Gasteiger partial charge in [0.25, 0.3) is 0 Å². The van der Waals surface area contributed by atoms with Crippen molar-refractivity contribution in [1.82, 2.24) is 25.4 Å². The maximum atomic E-state index is 4.26. The molecule has 21 heavy (non-hydrogen) atoms. The maximum Gasteiger partial charge on any atom is 0.191 e. The number of nitrogens with one attached hydrogen (secondary N) is 2. The highest BCUT2D eigenvalue weighted by molar-refractivity contribution is 5.79. The highest BCUT2D eigenvalue weighted by atomic mass is 15.3. The summed E-state index contributed by atoms with van der Waals surface area (Å²) in [4.78, 5) is 4.26. The Morgan fingerprint density at radius 1 is 1.24 bits per heavy atom. The fourth-order valence-electron chi connectivity index (χ4n) is 2.10. The molecule has 6 nitrogen and oxygen atoms in total. The molecule has 2 N–H and O–H groups in total. The highest BCUT2D eigenvalue weighted by Crippen LogP contribution is 2.08. The second kappa shape index (κ2) is 8.64. The van der Waals surface area contributed by atoms with Crippen LogP contribution in [-0.2, 0) is 13.6 Å². The summed E-state index contributed by atoms with van der Waals surface area (Å²) in [6, 6.07) is 0.413. The average Bonchev–Trinajstić information content (AvgIpc) is 2.74. The number of aryl methyl sites for hydroxylation is 1. The van der Waals surface area contributed by atoms with Gasteiger partial charge in [0.1, 0.15) is 5.82 Å². The first-order chi connectivity index (χ1) is 9.93. The molecule has 0 saturated heterocycles. The Morgan fingerprint density at radius 3 is 2.48 bits per heavy atom. The molecule has 0 aliphatic carbocycles. The van der Waals surface area contributed by atoms with Gasteiger partial charge in [-0.2, -0.15) is 0 Å². The van der Waals surface area contributed by atoms with Gasteiger partial charge in [-0.05, 0) is 26.2 Å². The monoisotopic (exact) mass is 294 g/mol. The fraction of sp³-hybridized carbons (Fsp3) is 0.800. The van der Waals surface area contributed by atoms with E-state index in [1.165, 1.54) is 12.8 Å². The zero-order valence-corrected chi connectivity index (χ0v) is 14.3. The van der Waals surface area contributed by atoms with Gasteiger partial charge in [0, 0.05) is 20.1 Å². The standard InChI is InChI=1S/C15H30N6/c1-11(2)8-7-9-12(3)18-15(16-5)17-10-14-20-19-13(4)21(14)6/h11-12H,7-10H2,1-6H3,(H2,16,17,18). The van der Waals surface area contributed by atoms with E-state index in [0.717, 1.165) is 29.9 Å². The number of aromatic nitrogens is 3. The van der Waals surface area contributed by atoms with E-state index in [0.29, 0.717) is 12.6 Å². The first kappa shape index (κ1) is 17.5. The smallest absolute Gasteiger partial charge is 0.191 e. The largest absolute Gasteiger partial charge is 0.354 e. The Hall–Kier alpha value is -1.59. The van der Waals surface area contributed by atoms with Crippen LogP contribution in [0.5, 0.6) is 0 Å². The third kappa shape index (κ3) is 6.14. The van der Waals surface area contributed by atoms with Gasteiger partial charge in [-0.15, -0.1) is 10.2 Å². The predicted octanol–water partition coefficient (Wildman–Crippen LogP) is 2.00. The molecule has 0 bridgehead atoms. The summed E-state index contributed by atoms with van der Waals surface area (Å²) in [7, 11) is 3.76. The first-order valence-corrected chi connectivity index (χ1v) is 7.76. The first-order valence-electron chi connectivity index (χ1n) is 7.76. The van der Waals surface area contributed by atoms with E-state index >= 15 is 0 Å². The Morgan fingerprint density at radius 2 is 1.95 bits per heavy atom. The van der Waals surface area contributed by atoms with Crippen molar-refractivity contribution in [3.05, 3.63) is 11.6 Å². The van der Waals surface area contributed by atoms with Crippen LogP contribution < -0.4 is 10.6 Å². The van der Waals surface area contributed by atoms with Crippen LogP contribution in [-0.4, -0.2) is 33.8 Å². The van der Waals surface area contributed by atoms with Crippen LogP contribution in [0.1, 0.15) is 51.7 Å². The molecule has 0 saturated carbocycles. The van der Waals surface area contributed by atoms with E-state index < -0.39 is 0 Å². The molecule has 1 heterocycles. The molecule has 1 unspecified atom stereocenters. The molecule has 0 radical (unpaired) electrons. The molecule has 1 aromatic rings. The van der Waals surface area contributed by atoms with Crippen LogP contribution >= 0.6 is 0 Å². The minimum Gasteiger partial charge on any atom is -0.354 e. The summed E-state index contributed by atoms with van der Waals surface area (Å²) < 4.78 is 1.98. The van der Waals surface area contributed by atoms with Gasteiger partial charge in [0.2, 0.25) is 0 Å². The van der Waals surface area contributed by atoms with Crippen molar-refractivity contribution < 1.29 is 0 Å². The van der Waals surface area contributed by atoms with Gasteiger partial charge in [0.15, 0.2) is 11.8 Å². The van der Waals surface area contributed by atoms with Crippen molar-refractivity contribution >= 4 is 5.96 Å². The molecule has 0 fully saturated rings. The molecule has 0 aliphatic heterocycles. The van der Waals surface area contributed by atoms with Crippen LogP contribution in [0.15, 0.2) is 4.99 Å². The van der Waals surface area contributed by atoms with Gasteiger partial charge >= 0.3 is 0 Å². The molecule has 1 rings (SSSR count). The summed E-state index contributed by atoms with van der Waals surface area (Å²) in [5, 5.41) is 14.9. The molecule has 0 aliphatic rings. The van der Waals surface area contributed by atoms with Gasteiger partial charge in [-0.1, -0.05) is 26.7 Å². The third-order valence-electron chi connectivity index (χ3n) is 3.62. The summed E-state index contributed by atoms with van der Waals surface area (Å²) in [6.45, 7) is 9.29. The number of guanidine groups is 1. The minimum absolute atomic E-state index is 0.413. The Balaban J connectivity index is 2.36. The quantitative estimate of drug-likeness (QED) is 0.596. The Labute approximate surface area is 128 Å². The molecule has 0 spiro atoms. The molecule has 0 aromatic carbocycles.